The Kier molecular flexibility index (Phi) is 4.03. The molecular formula is C20H18FN3O2. The van der Waals surface area contributed by atoms with Crippen molar-refractivity contribution in [2.75, 3.05) is 11.4 Å². The van der Waals surface area contributed by atoms with Crippen LogP contribution in [0, 0.1) is 19.7 Å². The number of amides is 1. The zero-order chi connectivity index (χ0) is 18.3. The molecule has 3 aromatic rings. The van der Waals surface area contributed by atoms with Gasteiger partial charge < -0.3 is 9.42 Å². The molecule has 0 N–H and O–H groups in total. The van der Waals surface area contributed by atoms with E-state index in [-0.39, 0.29) is 24.1 Å². The minimum atomic E-state index is -0.321. The topological polar surface area (TPSA) is 59.2 Å². The van der Waals surface area contributed by atoms with Gasteiger partial charge in [0.25, 0.3) is 0 Å². The molecule has 2 heterocycles. The molecule has 1 unspecified atom stereocenters. The smallest absolute Gasteiger partial charge is 0.232 e. The third-order valence-electron chi connectivity index (χ3n) is 4.83. The van der Waals surface area contributed by atoms with Gasteiger partial charge in [-0.2, -0.15) is 4.98 Å². The van der Waals surface area contributed by atoms with Gasteiger partial charge in [-0.15, -0.1) is 0 Å². The number of carbonyl (C=O) groups is 1. The minimum Gasteiger partial charge on any atom is -0.339 e. The SMILES string of the molecule is Cc1ccccc1-c1noc(C2CC(=O)N(c3cccc(F)c3C)C2)n1. The quantitative estimate of drug-likeness (QED) is 0.715. The van der Waals surface area contributed by atoms with E-state index in [9.17, 15) is 9.18 Å². The summed E-state index contributed by atoms with van der Waals surface area (Å²) in [6, 6.07) is 12.6. The second-order valence-electron chi connectivity index (χ2n) is 6.56. The largest absolute Gasteiger partial charge is 0.339 e. The van der Waals surface area contributed by atoms with Crippen LogP contribution in [0.3, 0.4) is 0 Å². The Balaban J connectivity index is 1.60. The molecule has 132 valence electrons. The molecule has 0 aliphatic carbocycles. The fourth-order valence-electron chi connectivity index (χ4n) is 3.33. The summed E-state index contributed by atoms with van der Waals surface area (Å²) < 4.78 is 19.3. The van der Waals surface area contributed by atoms with Gasteiger partial charge in [0, 0.05) is 29.8 Å². The summed E-state index contributed by atoms with van der Waals surface area (Å²) in [5.74, 6) is 0.368. The molecule has 1 saturated heterocycles. The number of rotatable bonds is 3. The van der Waals surface area contributed by atoms with E-state index in [1.807, 2.05) is 31.2 Å². The molecule has 6 heteroatoms. The van der Waals surface area contributed by atoms with Crippen LogP contribution in [0.1, 0.15) is 29.4 Å². The number of hydrogen-bond acceptors (Lipinski definition) is 4. The summed E-state index contributed by atoms with van der Waals surface area (Å²) >= 11 is 0. The molecule has 0 radical (unpaired) electrons. The average molecular weight is 351 g/mol. The molecule has 26 heavy (non-hydrogen) atoms. The van der Waals surface area contributed by atoms with Crippen LogP contribution in [-0.2, 0) is 4.79 Å². The predicted octanol–water partition coefficient (Wildman–Crippen LogP) is 4.01. The fourth-order valence-corrected chi connectivity index (χ4v) is 3.33. The van der Waals surface area contributed by atoms with Crippen molar-refractivity contribution in [2.45, 2.75) is 26.2 Å². The van der Waals surface area contributed by atoms with Crippen LogP contribution in [0.5, 0.6) is 0 Å². The van der Waals surface area contributed by atoms with Crippen LogP contribution in [0.25, 0.3) is 11.4 Å². The zero-order valence-corrected chi connectivity index (χ0v) is 14.6. The summed E-state index contributed by atoms with van der Waals surface area (Å²) in [6.45, 7) is 4.06. The lowest BCUT2D eigenvalue weighted by Crippen LogP contribution is -2.25. The van der Waals surface area contributed by atoms with Gasteiger partial charge in [-0.25, -0.2) is 4.39 Å². The number of halogens is 1. The first-order valence-corrected chi connectivity index (χ1v) is 8.49. The van der Waals surface area contributed by atoms with Crippen LogP contribution in [0.15, 0.2) is 47.0 Å². The van der Waals surface area contributed by atoms with E-state index in [4.69, 9.17) is 4.52 Å². The molecule has 1 aliphatic heterocycles. The second-order valence-corrected chi connectivity index (χ2v) is 6.56. The summed E-state index contributed by atoms with van der Waals surface area (Å²) in [5.41, 5.74) is 3.02. The van der Waals surface area contributed by atoms with Crippen LogP contribution in [-0.4, -0.2) is 22.6 Å². The Morgan fingerprint density at radius 3 is 2.77 bits per heavy atom. The van der Waals surface area contributed by atoms with E-state index in [1.165, 1.54) is 6.07 Å². The maximum Gasteiger partial charge on any atom is 0.232 e. The van der Waals surface area contributed by atoms with Crippen molar-refractivity contribution >= 4 is 11.6 Å². The number of aromatic nitrogens is 2. The molecular weight excluding hydrogens is 333 g/mol. The molecule has 1 aliphatic rings. The van der Waals surface area contributed by atoms with Crippen molar-refractivity contribution in [3.63, 3.8) is 0 Å². The number of aryl methyl sites for hydroxylation is 1. The van der Waals surface area contributed by atoms with Crippen molar-refractivity contribution in [3.8, 4) is 11.4 Å². The van der Waals surface area contributed by atoms with E-state index < -0.39 is 0 Å². The number of benzene rings is 2. The normalized spacial score (nSPS) is 17.1. The van der Waals surface area contributed by atoms with Gasteiger partial charge in [-0.1, -0.05) is 35.5 Å². The van der Waals surface area contributed by atoms with Crippen LogP contribution < -0.4 is 4.90 Å². The number of carbonyl (C=O) groups excluding carboxylic acids is 1. The Hall–Kier alpha value is -3.02. The van der Waals surface area contributed by atoms with E-state index in [0.717, 1.165) is 11.1 Å². The Morgan fingerprint density at radius 1 is 1.15 bits per heavy atom. The molecule has 0 saturated carbocycles. The second kappa shape index (κ2) is 6.37. The van der Waals surface area contributed by atoms with Crippen molar-refractivity contribution < 1.29 is 13.7 Å². The van der Waals surface area contributed by atoms with Gasteiger partial charge >= 0.3 is 0 Å². The standard InChI is InChI=1S/C20H18FN3O2/c1-12-6-3-4-7-15(12)19-22-20(26-23-19)14-10-18(25)24(11-14)17-9-5-8-16(21)13(17)2/h3-9,14H,10-11H2,1-2H3. The van der Waals surface area contributed by atoms with E-state index in [0.29, 0.717) is 29.5 Å². The third kappa shape index (κ3) is 2.77. The first-order valence-electron chi connectivity index (χ1n) is 8.49. The van der Waals surface area contributed by atoms with Crippen molar-refractivity contribution in [2.24, 2.45) is 0 Å². The van der Waals surface area contributed by atoms with Gasteiger partial charge in [-0.05, 0) is 31.5 Å². The predicted molar refractivity (Wildman–Crippen MR) is 95.3 cm³/mol. The molecule has 1 atom stereocenters. The van der Waals surface area contributed by atoms with E-state index in [1.54, 1.807) is 24.0 Å². The molecule has 2 aromatic carbocycles. The van der Waals surface area contributed by atoms with Crippen molar-refractivity contribution in [1.82, 2.24) is 10.1 Å². The molecule has 0 bridgehead atoms. The first-order chi connectivity index (χ1) is 12.5. The highest BCUT2D eigenvalue weighted by molar-refractivity contribution is 5.97. The number of hydrogen-bond donors (Lipinski definition) is 0. The number of nitrogens with zero attached hydrogens (tertiary/aromatic N) is 3. The lowest BCUT2D eigenvalue weighted by Gasteiger charge is -2.18. The first kappa shape index (κ1) is 16.4. The lowest BCUT2D eigenvalue weighted by atomic mass is 10.1. The molecule has 5 nitrogen and oxygen atoms in total. The third-order valence-corrected chi connectivity index (χ3v) is 4.83. The summed E-state index contributed by atoms with van der Waals surface area (Å²) in [5, 5.41) is 4.07. The van der Waals surface area contributed by atoms with Crippen LogP contribution in [0.4, 0.5) is 10.1 Å². The van der Waals surface area contributed by atoms with Gasteiger partial charge in [0.2, 0.25) is 17.6 Å². The van der Waals surface area contributed by atoms with Gasteiger partial charge in [0.05, 0.1) is 5.92 Å². The number of anilines is 1. The highest BCUT2D eigenvalue weighted by Gasteiger charge is 2.36. The lowest BCUT2D eigenvalue weighted by molar-refractivity contribution is -0.117. The minimum absolute atomic E-state index is 0.0701. The molecule has 1 aromatic heterocycles. The summed E-state index contributed by atoms with van der Waals surface area (Å²) in [4.78, 5) is 18.6. The Bertz CT molecular complexity index is 983. The molecule has 4 rings (SSSR count). The highest BCUT2D eigenvalue weighted by atomic mass is 19.1. The monoisotopic (exact) mass is 351 g/mol. The maximum atomic E-state index is 13.8. The average Bonchev–Trinajstić information content (AvgIpc) is 3.25. The molecule has 0 spiro atoms. The van der Waals surface area contributed by atoms with Crippen molar-refractivity contribution in [1.29, 1.82) is 0 Å². The van der Waals surface area contributed by atoms with Crippen LogP contribution in [0.2, 0.25) is 0 Å². The molecule has 1 amide bonds. The summed E-state index contributed by atoms with van der Waals surface area (Å²) in [7, 11) is 0. The fraction of sp³-hybridized carbons (Fsp3) is 0.250. The van der Waals surface area contributed by atoms with E-state index in [2.05, 4.69) is 10.1 Å². The highest BCUT2D eigenvalue weighted by Crippen LogP contribution is 2.34. The molecule has 1 fully saturated rings. The zero-order valence-electron chi connectivity index (χ0n) is 14.6. The maximum absolute atomic E-state index is 13.8. The van der Waals surface area contributed by atoms with Gasteiger partial charge in [-0.3, -0.25) is 4.79 Å². The van der Waals surface area contributed by atoms with Gasteiger partial charge in [0.1, 0.15) is 5.82 Å². The Morgan fingerprint density at radius 2 is 1.96 bits per heavy atom. The van der Waals surface area contributed by atoms with Crippen molar-refractivity contribution in [3.05, 3.63) is 65.3 Å². The van der Waals surface area contributed by atoms with Crippen LogP contribution >= 0.6 is 0 Å². The van der Waals surface area contributed by atoms with Gasteiger partial charge in [0.15, 0.2) is 0 Å². The summed E-state index contributed by atoms with van der Waals surface area (Å²) in [6.07, 6.45) is 0.269. The Labute approximate surface area is 150 Å². The van der Waals surface area contributed by atoms with E-state index >= 15 is 0 Å².